The molecule has 2 unspecified atom stereocenters. The standard InChI is InChI=1S/C18H27ClN4O/c1-2-3-7-13-8-6-9-15(13)21-17(24)16-14(19)12-20-18(22-16)23-10-4-5-11-23/h12-13,15H,2-11H2,1H3,(H,21,24). The van der Waals surface area contributed by atoms with E-state index in [0.717, 1.165) is 32.4 Å². The molecule has 2 fully saturated rings. The number of carbonyl (C=O) groups is 1. The maximum atomic E-state index is 12.7. The fraction of sp³-hybridized carbons (Fsp3) is 0.722. The largest absolute Gasteiger partial charge is 0.348 e. The summed E-state index contributed by atoms with van der Waals surface area (Å²) < 4.78 is 0. The van der Waals surface area contributed by atoms with Crippen molar-refractivity contribution in [2.45, 2.75) is 64.3 Å². The summed E-state index contributed by atoms with van der Waals surface area (Å²) in [5.41, 5.74) is 0.315. The molecule has 2 aliphatic rings. The van der Waals surface area contributed by atoms with Crippen LogP contribution in [0.15, 0.2) is 6.20 Å². The summed E-state index contributed by atoms with van der Waals surface area (Å²) in [6, 6.07) is 0.255. The quantitative estimate of drug-likeness (QED) is 0.847. The molecule has 2 heterocycles. The highest BCUT2D eigenvalue weighted by atomic mass is 35.5. The molecule has 1 amide bonds. The van der Waals surface area contributed by atoms with E-state index in [2.05, 4.69) is 27.1 Å². The Labute approximate surface area is 149 Å². The van der Waals surface area contributed by atoms with Gasteiger partial charge in [0, 0.05) is 19.1 Å². The van der Waals surface area contributed by atoms with Crippen LogP contribution in [0.5, 0.6) is 0 Å². The average molecular weight is 351 g/mol. The third-order valence-electron chi connectivity index (χ3n) is 5.24. The van der Waals surface area contributed by atoms with Crippen LogP contribution < -0.4 is 10.2 Å². The molecule has 1 aliphatic carbocycles. The fourth-order valence-electron chi connectivity index (χ4n) is 3.86. The van der Waals surface area contributed by atoms with Crippen molar-refractivity contribution in [1.29, 1.82) is 0 Å². The number of hydrogen-bond acceptors (Lipinski definition) is 4. The van der Waals surface area contributed by atoms with E-state index >= 15 is 0 Å². The number of rotatable bonds is 6. The molecule has 0 radical (unpaired) electrons. The van der Waals surface area contributed by atoms with E-state index in [9.17, 15) is 4.79 Å². The zero-order valence-electron chi connectivity index (χ0n) is 14.4. The lowest BCUT2D eigenvalue weighted by atomic mass is 9.96. The highest BCUT2D eigenvalue weighted by Crippen LogP contribution is 2.30. The summed E-state index contributed by atoms with van der Waals surface area (Å²) in [5.74, 6) is 1.06. The molecule has 1 N–H and O–H groups in total. The maximum absolute atomic E-state index is 12.7. The lowest BCUT2D eigenvalue weighted by Crippen LogP contribution is -2.38. The van der Waals surface area contributed by atoms with Crippen LogP contribution in [0.4, 0.5) is 5.95 Å². The normalized spacial score (nSPS) is 23.7. The molecule has 3 rings (SSSR count). The van der Waals surface area contributed by atoms with E-state index in [0.29, 0.717) is 22.6 Å². The minimum atomic E-state index is -0.156. The van der Waals surface area contributed by atoms with Gasteiger partial charge in [-0.2, -0.15) is 0 Å². The summed E-state index contributed by atoms with van der Waals surface area (Å²) in [6.45, 7) is 4.11. The average Bonchev–Trinajstić information content (AvgIpc) is 3.25. The Morgan fingerprint density at radius 2 is 2.12 bits per heavy atom. The molecule has 1 saturated heterocycles. The number of nitrogens with zero attached hydrogens (tertiary/aromatic N) is 3. The molecular weight excluding hydrogens is 324 g/mol. The van der Waals surface area contributed by atoms with Crippen LogP contribution in [0, 0.1) is 5.92 Å². The number of unbranched alkanes of at least 4 members (excludes halogenated alkanes) is 1. The van der Waals surface area contributed by atoms with Gasteiger partial charge in [-0.05, 0) is 38.0 Å². The number of carbonyl (C=O) groups excluding carboxylic acids is 1. The Hall–Kier alpha value is -1.36. The SMILES string of the molecule is CCCCC1CCCC1NC(=O)c1nc(N2CCCC2)ncc1Cl. The molecule has 1 aliphatic heterocycles. The lowest BCUT2D eigenvalue weighted by molar-refractivity contribution is 0.0921. The summed E-state index contributed by atoms with van der Waals surface area (Å²) in [6.07, 6.45) is 10.9. The third kappa shape index (κ3) is 4.00. The van der Waals surface area contributed by atoms with Crippen LogP contribution in [0.3, 0.4) is 0 Å². The third-order valence-corrected chi connectivity index (χ3v) is 5.52. The predicted octanol–water partition coefficient (Wildman–Crippen LogP) is 3.82. The molecule has 1 saturated carbocycles. The Bertz CT molecular complexity index is 574. The van der Waals surface area contributed by atoms with Crippen LogP contribution in [-0.2, 0) is 0 Å². The topological polar surface area (TPSA) is 58.1 Å². The molecule has 2 atom stereocenters. The van der Waals surface area contributed by atoms with Gasteiger partial charge in [-0.25, -0.2) is 9.97 Å². The number of halogens is 1. The molecule has 24 heavy (non-hydrogen) atoms. The van der Waals surface area contributed by atoms with E-state index in [4.69, 9.17) is 11.6 Å². The number of anilines is 1. The molecular formula is C18H27ClN4O. The lowest BCUT2D eigenvalue weighted by Gasteiger charge is -2.21. The van der Waals surface area contributed by atoms with Crippen LogP contribution in [0.1, 0.15) is 68.8 Å². The molecule has 1 aromatic rings. The van der Waals surface area contributed by atoms with Gasteiger partial charge in [-0.15, -0.1) is 0 Å². The Morgan fingerprint density at radius 3 is 2.88 bits per heavy atom. The first-order valence-corrected chi connectivity index (χ1v) is 9.65. The van der Waals surface area contributed by atoms with E-state index in [1.54, 1.807) is 6.20 Å². The molecule has 5 nitrogen and oxygen atoms in total. The van der Waals surface area contributed by atoms with Crippen molar-refractivity contribution in [2.24, 2.45) is 5.92 Å². The van der Waals surface area contributed by atoms with Crippen molar-refractivity contribution >= 4 is 23.5 Å². The maximum Gasteiger partial charge on any atom is 0.271 e. The van der Waals surface area contributed by atoms with Crippen molar-refractivity contribution < 1.29 is 4.79 Å². The smallest absolute Gasteiger partial charge is 0.271 e. The van der Waals surface area contributed by atoms with Gasteiger partial charge in [0.2, 0.25) is 5.95 Å². The van der Waals surface area contributed by atoms with Crippen molar-refractivity contribution in [1.82, 2.24) is 15.3 Å². The second-order valence-corrected chi connectivity index (χ2v) is 7.38. The highest BCUT2D eigenvalue weighted by molar-refractivity contribution is 6.33. The zero-order chi connectivity index (χ0) is 16.9. The van der Waals surface area contributed by atoms with Gasteiger partial charge in [0.25, 0.3) is 5.91 Å². The number of hydrogen-bond donors (Lipinski definition) is 1. The van der Waals surface area contributed by atoms with Gasteiger partial charge in [-0.3, -0.25) is 4.79 Å². The number of nitrogens with one attached hydrogen (secondary N) is 1. The van der Waals surface area contributed by atoms with Crippen LogP contribution in [0.2, 0.25) is 5.02 Å². The van der Waals surface area contributed by atoms with Gasteiger partial charge in [0.1, 0.15) is 0 Å². The first-order valence-electron chi connectivity index (χ1n) is 9.27. The Morgan fingerprint density at radius 1 is 1.33 bits per heavy atom. The predicted molar refractivity (Wildman–Crippen MR) is 96.6 cm³/mol. The molecule has 0 bridgehead atoms. The minimum Gasteiger partial charge on any atom is -0.348 e. The second-order valence-electron chi connectivity index (χ2n) is 6.97. The summed E-state index contributed by atoms with van der Waals surface area (Å²) in [4.78, 5) is 23.6. The summed E-state index contributed by atoms with van der Waals surface area (Å²) >= 11 is 6.20. The van der Waals surface area contributed by atoms with Crippen molar-refractivity contribution in [3.8, 4) is 0 Å². The van der Waals surface area contributed by atoms with Gasteiger partial charge in [0.05, 0.1) is 11.2 Å². The van der Waals surface area contributed by atoms with Gasteiger partial charge >= 0.3 is 0 Å². The summed E-state index contributed by atoms with van der Waals surface area (Å²) in [5, 5.41) is 3.51. The summed E-state index contributed by atoms with van der Waals surface area (Å²) in [7, 11) is 0. The zero-order valence-corrected chi connectivity index (χ0v) is 15.2. The second kappa shape index (κ2) is 8.15. The first kappa shape index (κ1) is 17.5. The van der Waals surface area contributed by atoms with Crippen molar-refractivity contribution in [3.05, 3.63) is 16.9 Å². The van der Waals surface area contributed by atoms with E-state index in [-0.39, 0.29) is 11.9 Å². The van der Waals surface area contributed by atoms with E-state index < -0.39 is 0 Å². The van der Waals surface area contributed by atoms with E-state index in [1.165, 1.54) is 32.1 Å². The van der Waals surface area contributed by atoms with Crippen LogP contribution >= 0.6 is 11.6 Å². The fourth-order valence-corrected chi connectivity index (χ4v) is 4.04. The van der Waals surface area contributed by atoms with Crippen molar-refractivity contribution in [3.63, 3.8) is 0 Å². The molecule has 0 spiro atoms. The highest BCUT2D eigenvalue weighted by Gasteiger charge is 2.29. The monoisotopic (exact) mass is 350 g/mol. The molecule has 132 valence electrons. The van der Waals surface area contributed by atoms with E-state index in [1.807, 2.05) is 0 Å². The number of aromatic nitrogens is 2. The molecule has 1 aromatic heterocycles. The first-order chi connectivity index (χ1) is 11.7. The Kier molecular flexibility index (Phi) is 5.93. The van der Waals surface area contributed by atoms with Gasteiger partial charge in [0.15, 0.2) is 5.69 Å². The minimum absolute atomic E-state index is 0.156. The van der Waals surface area contributed by atoms with Crippen LogP contribution in [0.25, 0.3) is 0 Å². The Balaban J connectivity index is 1.68. The molecule has 0 aromatic carbocycles. The van der Waals surface area contributed by atoms with Crippen molar-refractivity contribution in [2.75, 3.05) is 18.0 Å². The number of amides is 1. The van der Waals surface area contributed by atoms with Gasteiger partial charge < -0.3 is 10.2 Å². The van der Waals surface area contributed by atoms with Crippen LogP contribution in [-0.4, -0.2) is 35.0 Å². The van der Waals surface area contributed by atoms with Gasteiger partial charge in [-0.1, -0.05) is 37.8 Å². The molecule has 6 heteroatoms.